The average Bonchev–Trinajstić information content (AvgIpc) is 2.73. The van der Waals surface area contributed by atoms with Crippen LogP contribution in [0.4, 0.5) is 0 Å². The van der Waals surface area contributed by atoms with Crippen molar-refractivity contribution in [1.82, 2.24) is 10.2 Å². The monoisotopic (exact) mass is 311 g/mol. The van der Waals surface area contributed by atoms with Gasteiger partial charge in [-0.1, -0.05) is 27.3 Å². The molecule has 0 saturated carbocycles. The van der Waals surface area contributed by atoms with Crippen LogP contribution in [0.25, 0.3) is 10.6 Å². The zero-order valence-electron chi connectivity index (χ0n) is 9.61. The molecule has 0 unspecified atom stereocenters. The topological polar surface area (TPSA) is 51.8 Å². The predicted molar refractivity (Wildman–Crippen MR) is 75.2 cm³/mol. The van der Waals surface area contributed by atoms with Gasteiger partial charge < -0.3 is 5.73 Å². The lowest BCUT2D eigenvalue weighted by atomic mass is 10.1. The van der Waals surface area contributed by atoms with E-state index in [1.807, 2.05) is 0 Å². The third-order valence-electron chi connectivity index (χ3n) is 2.35. The Hall–Kier alpha value is -0.780. The van der Waals surface area contributed by atoms with Crippen molar-refractivity contribution in [2.75, 3.05) is 6.54 Å². The van der Waals surface area contributed by atoms with Crippen LogP contribution in [0.5, 0.6) is 0 Å². The Morgan fingerprint density at radius 3 is 2.82 bits per heavy atom. The molecule has 0 aliphatic rings. The minimum absolute atomic E-state index is 0.699. The summed E-state index contributed by atoms with van der Waals surface area (Å²) in [6, 6.07) is 6.28. The second-order valence-electron chi connectivity index (χ2n) is 3.91. The molecule has 0 amide bonds. The van der Waals surface area contributed by atoms with E-state index < -0.39 is 0 Å². The maximum atomic E-state index is 5.48. The highest BCUT2D eigenvalue weighted by atomic mass is 79.9. The molecule has 0 fully saturated rings. The molecule has 3 nitrogen and oxygen atoms in total. The Bertz CT molecular complexity index is 490. The van der Waals surface area contributed by atoms with E-state index in [9.17, 15) is 0 Å². The Labute approximate surface area is 113 Å². The number of nitrogens with zero attached hydrogens (tertiary/aromatic N) is 2. The van der Waals surface area contributed by atoms with Gasteiger partial charge in [-0.3, -0.25) is 0 Å². The van der Waals surface area contributed by atoms with E-state index in [0.717, 1.165) is 32.9 Å². The summed E-state index contributed by atoms with van der Waals surface area (Å²) in [6.07, 6.45) is 1.88. The van der Waals surface area contributed by atoms with Gasteiger partial charge in [0.15, 0.2) is 0 Å². The molecule has 90 valence electrons. The third-order valence-corrected chi connectivity index (χ3v) is 3.84. The molecule has 0 spiro atoms. The average molecular weight is 312 g/mol. The Balaban J connectivity index is 2.24. The minimum atomic E-state index is 0.699. The van der Waals surface area contributed by atoms with Crippen molar-refractivity contribution in [1.29, 1.82) is 0 Å². The number of nitrogens with two attached hydrogens (primary N) is 1. The molecule has 5 heteroatoms. The summed E-state index contributed by atoms with van der Waals surface area (Å²) >= 11 is 5.14. The zero-order valence-corrected chi connectivity index (χ0v) is 12.0. The van der Waals surface area contributed by atoms with Crippen molar-refractivity contribution in [3.63, 3.8) is 0 Å². The molecule has 0 aliphatic heterocycles. The first-order chi connectivity index (χ1) is 8.19. The number of rotatable bonds is 4. The second kappa shape index (κ2) is 5.71. The molecule has 17 heavy (non-hydrogen) atoms. The first kappa shape index (κ1) is 12.7. The molecule has 0 bridgehead atoms. The van der Waals surface area contributed by atoms with Gasteiger partial charge in [-0.25, -0.2) is 0 Å². The highest BCUT2D eigenvalue weighted by Gasteiger charge is 2.07. The molecule has 2 aromatic rings. The van der Waals surface area contributed by atoms with Gasteiger partial charge in [0, 0.05) is 16.5 Å². The summed E-state index contributed by atoms with van der Waals surface area (Å²) in [5, 5.41) is 10.4. The van der Waals surface area contributed by atoms with E-state index in [-0.39, 0.29) is 0 Å². The van der Waals surface area contributed by atoms with E-state index in [4.69, 9.17) is 5.73 Å². The van der Waals surface area contributed by atoms with Crippen LogP contribution in [0.2, 0.25) is 0 Å². The van der Waals surface area contributed by atoms with Gasteiger partial charge in [0.05, 0.1) is 0 Å². The SMILES string of the molecule is Cc1cc(Br)cc(-c2nnc(CCCN)s2)c1. The molecule has 0 saturated heterocycles. The van der Waals surface area contributed by atoms with E-state index in [0.29, 0.717) is 6.54 Å². The van der Waals surface area contributed by atoms with Crippen LogP contribution in [-0.2, 0) is 6.42 Å². The van der Waals surface area contributed by atoms with Crippen LogP contribution < -0.4 is 5.73 Å². The van der Waals surface area contributed by atoms with Crippen LogP contribution in [0.3, 0.4) is 0 Å². The summed E-state index contributed by atoms with van der Waals surface area (Å²) < 4.78 is 1.08. The van der Waals surface area contributed by atoms with Gasteiger partial charge in [0.2, 0.25) is 0 Å². The first-order valence-electron chi connectivity index (χ1n) is 5.49. The Morgan fingerprint density at radius 1 is 1.29 bits per heavy atom. The molecule has 0 aliphatic carbocycles. The molecule has 2 rings (SSSR count). The number of benzene rings is 1. The fourth-order valence-corrected chi connectivity index (χ4v) is 3.06. The van der Waals surface area contributed by atoms with E-state index in [1.165, 1.54) is 5.56 Å². The largest absolute Gasteiger partial charge is 0.330 e. The van der Waals surface area contributed by atoms with Crippen LogP contribution in [0, 0.1) is 6.92 Å². The van der Waals surface area contributed by atoms with Crippen LogP contribution in [0.15, 0.2) is 22.7 Å². The van der Waals surface area contributed by atoms with Crippen molar-refractivity contribution in [2.24, 2.45) is 5.73 Å². The number of halogens is 1. The van der Waals surface area contributed by atoms with Gasteiger partial charge in [0.1, 0.15) is 10.0 Å². The van der Waals surface area contributed by atoms with E-state index >= 15 is 0 Å². The van der Waals surface area contributed by atoms with E-state index in [2.05, 4.69) is 51.3 Å². The fraction of sp³-hybridized carbons (Fsp3) is 0.333. The molecule has 0 radical (unpaired) electrons. The standard InChI is InChI=1S/C12H14BrN3S/c1-8-5-9(7-10(13)6-8)12-16-15-11(17-12)3-2-4-14/h5-7H,2-4,14H2,1H3. The lowest BCUT2D eigenvalue weighted by Crippen LogP contribution is -1.99. The number of hydrogen-bond acceptors (Lipinski definition) is 4. The summed E-state index contributed by atoms with van der Waals surface area (Å²) in [5.41, 5.74) is 7.82. The van der Waals surface area contributed by atoms with Crippen LogP contribution >= 0.6 is 27.3 Å². The second-order valence-corrected chi connectivity index (χ2v) is 5.89. The third kappa shape index (κ3) is 3.34. The van der Waals surface area contributed by atoms with Gasteiger partial charge in [-0.15, -0.1) is 10.2 Å². The summed E-state index contributed by atoms with van der Waals surface area (Å²) in [5.74, 6) is 0. The summed E-state index contributed by atoms with van der Waals surface area (Å²) in [4.78, 5) is 0. The highest BCUT2D eigenvalue weighted by molar-refractivity contribution is 9.10. The van der Waals surface area contributed by atoms with Crippen molar-refractivity contribution in [3.05, 3.63) is 33.2 Å². The van der Waals surface area contributed by atoms with Gasteiger partial charge >= 0.3 is 0 Å². The number of aryl methyl sites for hydroxylation is 2. The number of aromatic nitrogens is 2. The molecule has 1 heterocycles. The molecular formula is C12H14BrN3S. The van der Waals surface area contributed by atoms with Crippen molar-refractivity contribution < 1.29 is 0 Å². The first-order valence-corrected chi connectivity index (χ1v) is 7.10. The van der Waals surface area contributed by atoms with Crippen molar-refractivity contribution in [2.45, 2.75) is 19.8 Å². The normalized spacial score (nSPS) is 10.8. The molecule has 2 N–H and O–H groups in total. The smallest absolute Gasteiger partial charge is 0.147 e. The maximum absolute atomic E-state index is 5.48. The number of hydrogen-bond donors (Lipinski definition) is 1. The molecule has 0 atom stereocenters. The van der Waals surface area contributed by atoms with Gasteiger partial charge in [-0.05, 0) is 43.7 Å². The lowest BCUT2D eigenvalue weighted by molar-refractivity contribution is 0.812. The van der Waals surface area contributed by atoms with Gasteiger partial charge in [-0.2, -0.15) is 0 Å². The fourth-order valence-electron chi connectivity index (χ4n) is 1.58. The van der Waals surface area contributed by atoms with Crippen molar-refractivity contribution in [3.8, 4) is 10.6 Å². The lowest BCUT2D eigenvalue weighted by Gasteiger charge is -1.99. The van der Waals surface area contributed by atoms with Crippen LogP contribution in [0.1, 0.15) is 17.0 Å². The Morgan fingerprint density at radius 2 is 2.12 bits per heavy atom. The highest BCUT2D eigenvalue weighted by Crippen LogP contribution is 2.27. The minimum Gasteiger partial charge on any atom is -0.330 e. The summed E-state index contributed by atoms with van der Waals surface area (Å²) in [6.45, 7) is 2.77. The Kier molecular flexibility index (Phi) is 4.25. The van der Waals surface area contributed by atoms with E-state index in [1.54, 1.807) is 11.3 Å². The maximum Gasteiger partial charge on any atom is 0.147 e. The predicted octanol–water partition coefficient (Wildman–Crippen LogP) is 3.17. The van der Waals surface area contributed by atoms with Gasteiger partial charge in [0.25, 0.3) is 0 Å². The molecule has 1 aromatic carbocycles. The molecule has 1 aromatic heterocycles. The van der Waals surface area contributed by atoms with Crippen molar-refractivity contribution >= 4 is 27.3 Å². The zero-order chi connectivity index (χ0) is 12.3. The summed E-state index contributed by atoms with van der Waals surface area (Å²) in [7, 11) is 0. The van der Waals surface area contributed by atoms with Crippen LogP contribution in [-0.4, -0.2) is 16.7 Å². The molecular weight excluding hydrogens is 298 g/mol. The quantitative estimate of drug-likeness (QED) is 0.943.